The lowest BCUT2D eigenvalue weighted by Crippen LogP contribution is -2.54. The topological polar surface area (TPSA) is 96.0 Å². The van der Waals surface area contributed by atoms with Gasteiger partial charge in [-0.05, 0) is 92.1 Å². The van der Waals surface area contributed by atoms with E-state index >= 15 is 0 Å². The summed E-state index contributed by atoms with van der Waals surface area (Å²) >= 11 is 12.2. The Labute approximate surface area is 287 Å². The molecular formula is C36H39Cl2N3O5S. The monoisotopic (exact) mass is 695 g/mol. The normalized spacial score (nSPS) is 12.5. The maximum absolute atomic E-state index is 14.6. The Morgan fingerprint density at radius 3 is 1.98 bits per heavy atom. The summed E-state index contributed by atoms with van der Waals surface area (Å²) in [5.74, 6) is -0.342. The second-order valence-electron chi connectivity index (χ2n) is 11.1. The number of ether oxygens (including phenoxy) is 1. The van der Waals surface area contributed by atoms with Crippen molar-refractivity contribution in [2.75, 3.05) is 17.5 Å². The fourth-order valence-corrected chi connectivity index (χ4v) is 6.59. The molecule has 248 valence electrons. The third kappa shape index (κ3) is 9.73. The molecule has 8 nitrogen and oxygen atoms in total. The standard InChI is InChI=1S/C36H39Cl2N3O5S/c1-4-26(3)39-36(43)34(23-27-9-7-6-8-10-27)40(24-28-11-13-29(37)14-12-28)35(42)25-41(31-17-19-32(20-18-31)46-5-2)47(44,45)33-21-15-30(38)16-22-33/h6-22,26,34H,4-5,23-25H2,1-3H3,(H,39,43)/t26-,34+/m0/s1. The Balaban J connectivity index is 1.80. The van der Waals surface area contributed by atoms with Gasteiger partial charge in [0, 0.05) is 29.1 Å². The van der Waals surface area contributed by atoms with Crippen LogP contribution in [0.4, 0.5) is 5.69 Å². The van der Waals surface area contributed by atoms with Crippen LogP contribution in [0.15, 0.2) is 108 Å². The molecular weight excluding hydrogens is 657 g/mol. The number of amides is 2. The molecule has 0 bridgehead atoms. The highest BCUT2D eigenvalue weighted by atomic mass is 35.5. The van der Waals surface area contributed by atoms with E-state index in [9.17, 15) is 18.0 Å². The van der Waals surface area contributed by atoms with Crippen LogP contribution in [-0.4, -0.2) is 50.4 Å². The van der Waals surface area contributed by atoms with Gasteiger partial charge in [-0.3, -0.25) is 13.9 Å². The molecule has 4 aromatic rings. The summed E-state index contributed by atoms with van der Waals surface area (Å²) in [5.41, 5.74) is 1.83. The zero-order chi connectivity index (χ0) is 34.0. The molecule has 1 N–H and O–H groups in total. The molecule has 0 aromatic heterocycles. The third-order valence-corrected chi connectivity index (χ3v) is 9.95. The van der Waals surface area contributed by atoms with Gasteiger partial charge in [0.25, 0.3) is 10.0 Å². The lowest BCUT2D eigenvalue weighted by atomic mass is 10.0. The van der Waals surface area contributed by atoms with Gasteiger partial charge in [-0.15, -0.1) is 0 Å². The van der Waals surface area contributed by atoms with Gasteiger partial charge in [-0.1, -0.05) is 72.6 Å². The molecule has 4 rings (SSSR count). The van der Waals surface area contributed by atoms with E-state index in [-0.39, 0.29) is 35.5 Å². The largest absolute Gasteiger partial charge is 0.494 e. The van der Waals surface area contributed by atoms with Crippen LogP contribution in [0.2, 0.25) is 10.0 Å². The van der Waals surface area contributed by atoms with Crippen molar-refractivity contribution in [3.8, 4) is 5.75 Å². The number of rotatable bonds is 15. The molecule has 4 aromatic carbocycles. The molecule has 0 heterocycles. The van der Waals surface area contributed by atoms with Crippen molar-refractivity contribution < 1.29 is 22.7 Å². The first-order valence-corrected chi connectivity index (χ1v) is 17.6. The minimum atomic E-state index is -4.26. The lowest BCUT2D eigenvalue weighted by Gasteiger charge is -2.34. The van der Waals surface area contributed by atoms with Crippen LogP contribution < -0.4 is 14.4 Å². The fourth-order valence-electron chi connectivity index (χ4n) is 4.92. The summed E-state index contributed by atoms with van der Waals surface area (Å²) in [6.45, 7) is 5.61. The number of benzene rings is 4. The Morgan fingerprint density at radius 2 is 1.40 bits per heavy atom. The van der Waals surface area contributed by atoms with Gasteiger partial charge >= 0.3 is 0 Å². The Morgan fingerprint density at radius 1 is 0.809 bits per heavy atom. The number of hydrogen-bond acceptors (Lipinski definition) is 5. The molecule has 47 heavy (non-hydrogen) atoms. The predicted octanol–water partition coefficient (Wildman–Crippen LogP) is 7.14. The van der Waals surface area contributed by atoms with E-state index in [0.29, 0.717) is 28.8 Å². The van der Waals surface area contributed by atoms with E-state index in [1.54, 1.807) is 48.5 Å². The first-order valence-electron chi connectivity index (χ1n) is 15.4. The van der Waals surface area contributed by atoms with Gasteiger partial charge in [0.15, 0.2) is 0 Å². The van der Waals surface area contributed by atoms with E-state index in [1.165, 1.54) is 29.2 Å². The van der Waals surface area contributed by atoms with Gasteiger partial charge in [-0.25, -0.2) is 8.42 Å². The summed E-state index contributed by atoms with van der Waals surface area (Å²) < 4.78 is 35.0. The molecule has 0 aliphatic rings. The van der Waals surface area contributed by atoms with Crippen molar-refractivity contribution >= 4 is 50.7 Å². The number of halogens is 2. The van der Waals surface area contributed by atoms with Crippen LogP contribution in [0.3, 0.4) is 0 Å². The number of carbonyl (C=O) groups excluding carboxylic acids is 2. The van der Waals surface area contributed by atoms with Crippen molar-refractivity contribution in [2.45, 2.75) is 57.1 Å². The molecule has 0 aliphatic heterocycles. The number of nitrogens with one attached hydrogen (secondary N) is 1. The Bertz CT molecular complexity index is 1720. The summed E-state index contributed by atoms with van der Waals surface area (Å²) in [4.78, 5) is 29.9. The average molecular weight is 697 g/mol. The molecule has 0 spiro atoms. The van der Waals surface area contributed by atoms with Gasteiger partial charge in [0.1, 0.15) is 18.3 Å². The van der Waals surface area contributed by atoms with Crippen molar-refractivity contribution in [1.29, 1.82) is 0 Å². The van der Waals surface area contributed by atoms with E-state index in [0.717, 1.165) is 15.4 Å². The number of nitrogens with zero attached hydrogens (tertiary/aromatic N) is 2. The van der Waals surface area contributed by atoms with E-state index in [4.69, 9.17) is 27.9 Å². The smallest absolute Gasteiger partial charge is 0.264 e. The molecule has 0 saturated carbocycles. The average Bonchev–Trinajstić information content (AvgIpc) is 3.07. The van der Waals surface area contributed by atoms with Crippen molar-refractivity contribution in [1.82, 2.24) is 10.2 Å². The number of hydrogen-bond donors (Lipinski definition) is 1. The summed E-state index contributed by atoms with van der Waals surface area (Å²) in [6.07, 6.45) is 0.912. The zero-order valence-electron chi connectivity index (χ0n) is 26.6. The lowest BCUT2D eigenvalue weighted by molar-refractivity contribution is -0.140. The van der Waals surface area contributed by atoms with Crippen molar-refractivity contribution in [3.63, 3.8) is 0 Å². The quantitative estimate of drug-likeness (QED) is 0.143. The van der Waals surface area contributed by atoms with Crippen LogP contribution in [0, 0.1) is 0 Å². The molecule has 0 fully saturated rings. The van der Waals surface area contributed by atoms with Gasteiger partial charge in [0.05, 0.1) is 17.2 Å². The Hall–Kier alpha value is -4.05. The van der Waals surface area contributed by atoms with Gasteiger partial charge in [-0.2, -0.15) is 0 Å². The summed E-state index contributed by atoms with van der Waals surface area (Å²) in [6, 6.07) is 27.5. The highest BCUT2D eigenvalue weighted by Gasteiger charge is 2.35. The SMILES string of the molecule is CCOc1ccc(N(CC(=O)N(Cc2ccc(Cl)cc2)[C@H](Cc2ccccc2)C(=O)N[C@@H](C)CC)S(=O)(=O)c2ccc(Cl)cc2)cc1. The zero-order valence-corrected chi connectivity index (χ0v) is 28.9. The molecule has 0 aliphatic carbocycles. The van der Waals surface area contributed by atoms with Crippen LogP contribution in [-0.2, 0) is 32.6 Å². The van der Waals surface area contributed by atoms with Crippen molar-refractivity contribution in [2.24, 2.45) is 0 Å². The first kappa shape index (κ1) is 35.8. The van der Waals surface area contributed by atoms with E-state index < -0.39 is 28.5 Å². The maximum atomic E-state index is 14.6. The van der Waals surface area contributed by atoms with Gasteiger partial charge in [0.2, 0.25) is 11.8 Å². The highest BCUT2D eigenvalue weighted by Crippen LogP contribution is 2.28. The minimum absolute atomic E-state index is 0.0387. The van der Waals surface area contributed by atoms with Crippen LogP contribution in [0.25, 0.3) is 0 Å². The van der Waals surface area contributed by atoms with E-state index in [2.05, 4.69) is 5.32 Å². The Kier molecular flexibility index (Phi) is 12.7. The van der Waals surface area contributed by atoms with Crippen LogP contribution in [0.5, 0.6) is 5.75 Å². The third-order valence-electron chi connectivity index (χ3n) is 7.65. The minimum Gasteiger partial charge on any atom is -0.494 e. The number of anilines is 1. The van der Waals surface area contributed by atoms with E-state index in [1.807, 2.05) is 51.1 Å². The maximum Gasteiger partial charge on any atom is 0.264 e. The second-order valence-corrected chi connectivity index (χ2v) is 13.8. The van der Waals surface area contributed by atoms with Gasteiger partial charge < -0.3 is 15.0 Å². The van der Waals surface area contributed by atoms with Crippen LogP contribution in [0.1, 0.15) is 38.3 Å². The summed E-state index contributed by atoms with van der Waals surface area (Å²) in [7, 11) is -4.26. The summed E-state index contributed by atoms with van der Waals surface area (Å²) in [5, 5.41) is 3.93. The first-order chi connectivity index (χ1) is 22.5. The number of carbonyl (C=O) groups is 2. The molecule has 0 unspecified atom stereocenters. The highest BCUT2D eigenvalue weighted by molar-refractivity contribution is 7.92. The molecule has 2 amide bonds. The van der Waals surface area contributed by atoms with Crippen molar-refractivity contribution in [3.05, 3.63) is 124 Å². The fraction of sp³-hybridized carbons (Fsp3) is 0.278. The molecule has 0 saturated heterocycles. The number of sulfonamides is 1. The molecule has 11 heteroatoms. The second kappa shape index (κ2) is 16.7. The molecule has 0 radical (unpaired) electrons. The van der Waals surface area contributed by atoms with Crippen LogP contribution >= 0.6 is 23.2 Å². The molecule has 2 atom stereocenters. The predicted molar refractivity (Wildman–Crippen MR) is 187 cm³/mol.